The van der Waals surface area contributed by atoms with Gasteiger partial charge in [0.25, 0.3) is 0 Å². The molecule has 0 aromatic heterocycles. The molecule has 118 valence electrons. The molecule has 2 rings (SSSR count). The third-order valence-electron chi connectivity index (χ3n) is 3.42. The fraction of sp³-hybridized carbons (Fsp3) is 0.500. The fourth-order valence-corrected chi connectivity index (χ4v) is 5.78. The normalized spacial score (nSPS) is 22.9. The number of anilines is 1. The van der Waals surface area contributed by atoms with Crippen LogP contribution in [0.2, 0.25) is 0 Å². The second-order valence-corrected chi connectivity index (χ2v) is 9.10. The molecule has 0 amide bonds. The number of benzene rings is 1. The van der Waals surface area contributed by atoms with E-state index in [1.54, 1.807) is 6.92 Å². The third kappa shape index (κ3) is 3.14. The standard InChI is InChI=1S/C12H18N2O5S2/c1-9-8-20(15,16)6-5-14(9)21(17,18)10-3-4-12(19-2)11(13)7-10/h3-4,7,9H,5-6,8,13H2,1-2H3. The highest BCUT2D eigenvalue weighted by molar-refractivity contribution is 7.92. The van der Waals surface area contributed by atoms with Crippen molar-refractivity contribution in [1.82, 2.24) is 4.31 Å². The molecule has 1 aromatic carbocycles. The molecule has 1 atom stereocenters. The molecule has 0 saturated carbocycles. The van der Waals surface area contributed by atoms with E-state index in [-0.39, 0.29) is 28.6 Å². The van der Waals surface area contributed by atoms with E-state index in [0.29, 0.717) is 5.75 Å². The number of rotatable bonds is 3. The Kier molecular flexibility index (Phi) is 4.18. The highest BCUT2D eigenvalue weighted by Crippen LogP contribution is 2.28. The van der Waals surface area contributed by atoms with E-state index in [1.165, 1.54) is 29.6 Å². The van der Waals surface area contributed by atoms with Crippen LogP contribution in [0.15, 0.2) is 23.1 Å². The van der Waals surface area contributed by atoms with Crippen molar-refractivity contribution in [2.75, 3.05) is 30.9 Å². The second-order valence-electron chi connectivity index (χ2n) is 4.98. The first-order chi connectivity index (χ1) is 9.67. The van der Waals surface area contributed by atoms with Gasteiger partial charge < -0.3 is 10.5 Å². The molecule has 0 radical (unpaired) electrons. The van der Waals surface area contributed by atoms with Gasteiger partial charge in [-0.05, 0) is 25.1 Å². The van der Waals surface area contributed by atoms with Crippen molar-refractivity contribution < 1.29 is 21.6 Å². The van der Waals surface area contributed by atoms with Crippen LogP contribution < -0.4 is 10.5 Å². The smallest absolute Gasteiger partial charge is 0.243 e. The lowest BCUT2D eigenvalue weighted by Gasteiger charge is -2.32. The molecule has 0 bridgehead atoms. The molecule has 9 heteroatoms. The van der Waals surface area contributed by atoms with Crippen molar-refractivity contribution in [2.45, 2.75) is 17.9 Å². The van der Waals surface area contributed by atoms with Crippen LogP contribution in [-0.2, 0) is 19.9 Å². The van der Waals surface area contributed by atoms with Crippen LogP contribution in [0.3, 0.4) is 0 Å². The molecule has 1 saturated heterocycles. The maximum Gasteiger partial charge on any atom is 0.243 e. The summed E-state index contributed by atoms with van der Waals surface area (Å²) in [5.74, 6) is 0.0586. The Hall–Kier alpha value is -1.32. The van der Waals surface area contributed by atoms with Crippen LogP contribution in [0.1, 0.15) is 6.92 Å². The summed E-state index contributed by atoms with van der Waals surface area (Å²) >= 11 is 0. The zero-order valence-electron chi connectivity index (χ0n) is 11.8. The molecule has 21 heavy (non-hydrogen) atoms. The quantitative estimate of drug-likeness (QED) is 0.785. The average molecular weight is 334 g/mol. The second kappa shape index (κ2) is 5.47. The molecule has 0 aliphatic carbocycles. The van der Waals surface area contributed by atoms with Crippen molar-refractivity contribution in [2.24, 2.45) is 0 Å². The minimum absolute atomic E-state index is 0.0342. The van der Waals surface area contributed by atoms with E-state index in [2.05, 4.69) is 0 Å². The van der Waals surface area contributed by atoms with Gasteiger partial charge in [0.05, 0.1) is 29.2 Å². The Morgan fingerprint density at radius 3 is 2.57 bits per heavy atom. The summed E-state index contributed by atoms with van der Waals surface area (Å²) in [7, 11) is -5.51. The predicted molar refractivity (Wildman–Crippen MR) is 79.4 cm³/mol. The molecule has 1 fully saturated rings. The lowest BCUT2D eigenvalue weighted by atomic mass is 10.3. The highest BCUT2D eigenvalue weighted by atomic mass is 32.2. The summed E-state index contributed by atoms with van der Waals surface area (Å²) in [4.78, 5) is 0.0342. The van der Waals surface area contributed by atoms with E-state index in [1.807, 2.05) is 0 Å². The molecule has 2 N–H and O–H groups in total. The predicted octanol–water partition coefficient (Wildman–Crippen LogP) is 0.0850. The van der Waals surface area contributed by atoms with Gasteiger partial charge in [-0.3, -0.25) is 0 Å². The van der Waals surface area contributed by atoms with Gasteiger partial charge in [0, 0.05) is 12.6 Å². The molecule has 1 aliphatic rings. The van der Waals surface area contributed by atoms with Gasteiger partial charge in [-0.25, -0.2) is 16.8 Å². The first-order valence-corrected chi connectivity index (χ1v) is 9.59. The van der Waals surface area contributed by atoms with Crippen LogP contribution in [0.5, 0.6) is 5.75 Å². The average Bonchev–Trinajstić information content (AvgIpc) is 2.36. The number of ether oxygens (including phenoxy) is 1. The number of nitrogens with two attached hydrogens (primary N) is 1. The Labute approximate surface area is 124 Å². The van der Waals surface area contributed by atoms with Crippen LogP contribution >= 0.6 is 0 Å². The Balaban J connectivity index is 2.36. The van der Waals surface area contributed by atoms with Crippen LogP contribution in [0, 0.1) is 0 Å². The first-order valence-electron chi connectivity index (χ1n) is 6.33. The molecule has 1 aromatic rings. The first kappa shape index (κ1) is 16.1. The third-order valence-corrected chi connectivity index (χ3v) is 7.22. The summed E-state index contributed by atoms with van der Waals surface area (Å²) in [6.45, 7) is 1.54. The van der Waals surface area contributed by atoms with E-state index < -0.39 is 25.9 Å². The lowest BCUT2D eigenvalue weighted by Crippen LogP contribution is -2.49. The largest absolute Gasteiger partial charge is 0.495 e. The van der Waals surface area contributed by atoms with Gasteiger partial charge in [0.15, 0.2) is 9.84 Å². The van der Waals surface area contributed by atoms with E-state index in [0.717, 1.165) is 0 Å². The van der Waals surface area contributed by atoms with Crippen molar-refractivity contribution in [1.29, 1.82) is 0 Å². The highest BCUT2D eigenvalue weighted by Gasteiger charge is 2.36. The lowest BCUT2D eigenvalue weighted by molar-refractivity contribution is 0.356. The summed E-state index contributed by atoms with van der Waals surface area (Å²) in [6, 6.07) is 3.61. The number of hydrogen-bond donors (Lipinski definition) is 1. The maximum absolute atomic E-state index is 12.6. The Bertz CT molecular complexity index is 743. The van der Waals surface area contributed by atoms with Gasteiger partial charge in [-0.2, -0.15) is 4.31 Å². The summed E-state index contributed by atoms with van der Waals surface area (Å²) < 4.78 is 54.5. The molecule has 0 spiro atoms. The van der Waals surface area contributed by atoms with Gasteiger partial charge in [0.1, 0.15) is 5.75 Å². The zero-order chi connectivity index (χ0) is 15.8. The molecular formula is C12H18N2O5S2. The van der Waals surface area contributed by atoms with Crippen molar-refractivity contribution in [3.63, 3.8) is 0 Å². The zero-order valence-corrected chi connectivity index (χ0v) is 13.4. The molecular weight excluding hydrogens is 316 g/mol. The number of nitrogens with zero attached hydrogens (tertiary/aromatic N) is 1. The minimum Gasteiger partial charge on any atom is -0.495 e. The molecule has 1 heterocycles. The molecule has 7 nitrogen and oxygen atoms in total. The van der Waals surface area contributed by atoms with E-state index >= 15 is 0 Å². The molecule has 1 unspecified atom stereocenters. The Morgan fingerprint density at radius 1 is 1.38 bits per heavy atom. The van der Waals surface area contributed by atoms with Crippen LogP contribution in [-0.4, -0.2) is 52.3 Å². The fourth-order valence-electron chi connectivity index (χ4n) is 2.35. The monoisotopic (exact) mass is 334 g/mol. The maximum atomic E-state index is 12.6. The number of sulfone groups is 1. The minimum atomic E-state index is -3.78. The topological polar surface area (TPSA) is 107 Å². The molecule has 1 aliphatic heterocycles. The number of hydrogen-bond acceptors (Lipinski definition) is 6. The number of methoxy groups -OCH3 is 1. The van der Waals surface area contributed by atoms with Crippen molar-refractivity contribution >= 4 is 25.5 Å². The van der Waals surface area contributed by atoms with Crippen LogP contribution in [0.25, 0.3) is 0 Å². The van der Waals surface area contributed by atoms with Gasteiger partial charge in [-0.15, -0.1) is 0 Å². The Morgan fingerprint density at radius 2 is 2.05 bits per heavy atom. The van der Waals surface area contributed by atoms with E-state index in [4.69, 9.17) is 10.5 Å². The van der Waals surface area contributed by atoms with E-state index in [9.17, 15) is 16.8 Å². The number of nitrogen functional groups attached to an aromatic ring is 1. The van der Waals surface area contributed by atoms with Gasteiger partial charge in [-0.1, -0.05) is 0 Å². The van der Waals surface area contributed by atoms with Crippen LogP contribution in [0.4, 0.5) is 5.69 Å². The SMILES string of the molecule is COc1ccc(S(=O)(=O)N2CCS(=O)(=O)CC2C)cc1N. The summed E-state index contributed by atoms with van der Waals surface area (Å²) in [5, 5.41) is 0. The summed E-state index contributed by atoms with van der Waals surface area (Å²) in [6.07, 6.45) is 0. The van der Waals surface area contributed by atoms with Gasteiger partial charge >= 0.3 is 0 Å². The number of sulfonamides is 1. The van der Waals surface area contributed by atoms with Gasteiger partial charge in [0.2, 0.25) is 10.0 Å². The van der Waals surface area contributed by atoms with Crippen molar-refractivity contribution in [3.8, 4) is 5.75 Å². The summed E-state index contributed by atoms with van der Waals surface area (Å²) in [5.41, 5.74) is 5.95. The van der Waals surface area contributed by atoms with Crippen molar-refractivity contribution in [3.05, 3.63) is 18.2 Å².